The number of rotatable bonds is 9. The van der Waals surface area contributed by atoms with Gasteiger partial charge >= 0.3 is 29.6 Å². The molecule has 2 aliphatic carbocycles. The van der Waals surface area contributed by atoms with Gasteiger partial charge in [-0.3, -0.25) is 4.72 Å². The summed E-state index contributed by atoms with van der Waals surface area (Å²) in [6, 6.07) is 15.1. The van der Waals surface area contributed by atoms with E-state index in [0.717, 1.165) is 11.1 Å². The number of nitrogens with one attached hydrogen (secondary N) is 1. The average molecular weight is 518 g/mol. The molecule has 0 heterocycles. The second-order valence-corrected chi connectivity index (χ2v) is 11.6. The van der Waals surface area contributed by atoms with E-state index in [9.17, 15) is 21.4 Å². The zero-order valence-corrected chi connectivity index (χ0v) is 23.2. The van der Waals surface area contributed by atoms with E-state index >= 15 is 0 Å². The molecule has 0 aliphatic heterocycles. The summed E-state index contributed by atoms with van der Waals surface area (Å²) in [7, 11) is -8.16. The van der Waals surface area contributed by atoms with Crippen LogP contribution in [-0.4, -0.2) is 27.1 Å². The van der Waals surface area contributed by atoms with Crippen molar-refractivity contribution in [3.8, 4) is 11.1 Å². The van der Waals surface area contributed by atoms with Gasteiger partial charge in [-0.05, 0) is 77.8 Å². The van der Waals surface area contributed by atoms with E-state index in [2.05, 4.69) is 4.72 Å². The average Bonchev–Trinajstić information content (AvgIpc) is 2.90. The summed E-state index contributed by atoms with van der Waals surface area (Å²) in [5.74, 6) is 0.173. The van der Waals surface area contributed by atoms with Crippen molar-refractivity contribution in [1.29, 1.82) is 0 Å². The molecule has 1 N–H and O–H groups in total. The quantitative estimate of drug-likeness (QED) is 0.266. The molecule has 0 radical (unpaired) electrons. The SMILES string of the molecule is CC(C)c1ccc2c(CCCCS(=O)(=O)Nc3ccc(Cl)cc3)cc(S(=O)(=O)[O-])c-2cc1.[Na+]. The van der Waals surface area contributed by atoms with Crippen molar-refractivity contribution >= 4 is 37.4 Å². The molecule has 172 valence electrons. The topological polar surface area (TPSA) is 103 Å². The maximum Gasteiger partial charge on any atom is 1.00 e. The van der Waals surface area contributed by atoms with Crippen molar-refractivity contribution in [3.05, 3.63) is 70.7 Å². The van der Waals surface area contributed by atoms with Crippen LogP contribution in [0, 0.1) is 0 Å². The van der Waals surface area contributed by atoms with Crippen molar-refractivity contribution < 1.29 is 50.9 Å². The van der Waals surface area contributed by atoms with Gasteiger partial charge in [-0.25, -0.2) is 16.8 Å². The zero-order chi connectivity index (χ0) is 23.5. The summed E-state index contributed by atoms with van der Waals surface area (Å²) in [5.41, 5.74) is 3.30. The van der Waals surface area contributed by atoms with E-state index in [-0.39, 0.29) is 46.1 Å². The second-order valence-electron chi connectivity index (χ2n) is 8.02. The number of benzene rings is 1. The number of hydrogen-bond donors (Lipinski definition) is 1. The second kappa shape index (κ2) is 11.5. The summed E-state index contributed by atoms with van der Waals surface area (Å²) in [6.07, 6.45) is 1.36. The van der Waals surface area contributed by atoms with Gasteiger partial charge in [0.15, 0.2) is 0 Å². The van der Waals surface area contributed by atoms with Crippen LogP contribution < -0.4 is 34.3 Å². The summed E-state index contributed by atoms with van der Waals surface area (Å²) < 4.78 is 62.5. The van der Waals surface area contributed by atoms with Gasteiger partial charge in [0.25, 0.3) is 0 Å². The fourth-order valence-electron chi connectivity index (χ4n) is 3.56. The molecule has 2 aliphatic rings. The molecule has 33 heavy (non-hydrogen) atoms. The number of unbranched alkanes of at least 4 members (excludes halogenated alkanes) is 1. The first-order chi connectivity index (χ1) is 15.0. The number of anilines is 1. The van der Waals surface area contributed by atoms with Crippen LogP contribution in [0.1, 0.15) is 43.7 Å². The Morgan fingerprint density at radius 3 is 2.09 bits per heavy atom. The van der Waals surface area contributed by atoms with Gasteiger partial charge in [-0.15, -0.1) is 0 Å². The van der Waals surface area contributed by atoms with Crippen LogP contribution in [0.15, 0.2) is 59.5 Å². The first-order valence-corrected chi connectivity index (χ1v) is 13.7. The largest absolute Gasteiger partial charge is 1.00 e. The molecule has 0 fully saturated rings. The van der Waals surface area contributed by atoms with E-state index in [1.165, 1.54) is 6.07 Å². The summed E-state index contributed by atoms with van der Waals surface area (Å²) in [4.78, 5) is -0.231. The number of hydrogen-bond acceptors (Lipinski definition) is 5. The maximum absolute atomic E-state index is 12.3. The van der Waals surface area contributed by atoms with Gasteiger partial charge in [0, 0.05) is 10.7 Å². The summed E-state index contributed by atoms with van der Waals surface area (Å²) in [5, 5.41) is 0.517. The Morgan fingerprint density at radius 2 is 1.52 bits per heavy atom. The molecule has 0 saturated heterocycles. The van der Waals surface area contributed by atoms with Crippen LogP contribution in [0.2, 0.25) is 5.02 Å². The maximum atomic E-state index is 12.3. The number of halogens is 1. The molecular formula is C23H25ClNNaO5S2. The van der Waals surface area contributed by atoms with Gasteiger partial charge in [-0.2, -0.15) is 0 Å². The van der Waals surface area contributed by atoms with Gasteiger partial charge in [-0.1, -0.05) is 49.7 Å². The van der Waals surface area contributed by atoms with Crippen molar-refractivity contribution in [2.75, 3.05) is 10.5 Å². The van der Waals surface area contributed by atoms with Crippen LogP contribution in [-0.2, 0) is 26.6 Å². The van der Waals surface area contributed by atoms with Gasteiger partial charge in [0.1, 0.15) is 10.1 Å². The van der Waals surface area contributed by atoms with E-state index in [1.54, 1.807) is 30.3 Å². The Morgan fingerprint density at radius 1 is 0.909 bits per heavy atom. The molecule has 0 unspecified atom stereocenters. The van der Waals surface area contributed by atoms with Gasteiger partial charge < -0.3 is 4.55 Å². The number of sulfonamides is 1. The minimum atomic E-state index is -4.63. The molecule has 10 heteroatoms. The van der Waals surface area contributed by atoms with E-state index in [4.69, 9.17) is 11.6 Å². The van der Waals surface area contributed by atoms with Crippen molar-refractivity contribution in [3.63, 3.8) is 0 Å². The molecule has 0 saturated carbocycles. The minimum absolute atomic E-state index is 0. The summed E-state index contributed by atoms with van der Waals surface area (Å²) >= 11 is 5.81. The Labute approximate surface area is 223 Å². The van der Waals surface area contributed by atoms with E-state index in [1.807, 2.05) is 32.0 Å². The predicted molar refractivity (Wildman–Crippen MR) is 127 cm³/mol. The molecule has 0 aromatic heterocycles. The fourth-order valence-corrected chi connectivity index (χ4v) is 5.60. The molecule has 0 atom stereocenters. The number of aryl methyl sites for hydroxylation is 1. The van der Waals surface area contributed by atoms with Gasteiger partial charge in [0.05, 0.1) is 10.6 Å². The third-order valence-electron chi connectivity index (χ3n) is 5.25. The van der Waals surface area contributed by atoms with Crippen molar-refractivity contribution in [2.24, 2.45) is 0 Å². The molecule has 3 rings (SSSR count). The van der Waals surface area contributed by atoms with Gasteiger partial charge in [0.2, 0.25) is 10.0 Å². The standard InChI is InChI=1S/C23H26ClNO5S2.Na/c1-16(2)17-6-12-21-18(15-23(32(28,29)30)22(21)13-7-17)5-3-4-14-31(26,27)25-20-10-8-19(24)9-11-20;/h6-13,15-16,25H,3-5,14H2,1-2H3,(H,28,29,30);/q;+1/p-1. The minimum Gasteiger partial charge on any atom is -0.744 e. The van der Waals surface area contributed by atoms with Crippen LogP contribution >= 0.6 is 11.6 Å². The van der Waals surface area contributed by atoms with Crippen LogP contribution in [0.5, 0.6) is 0 Å². The molecule has 1 aromatic rings. The third kappa shape index (κ3) is 7.68. The van der Waals surface area contributed by atoms with Crippen molar-refractivity contribution in [1.82, 2.24) is 0 Å². The molecule has 0 spiro atoms. The normalized spacial score (nSPS) is 12.0. The third-order valence-corrected chi connectivity index (χ3v) is 7.76. The molecule has 0 bridgehead atoms. The van der Waals surface area contributed by atoms with Crippen LogP contribution in [0.3, 0.4) is 0 Å². The fraction of sp³-hybridized carbons (Fsp3) is 0.304. The monoisotopic (exact) mass is 517 g/mol. The van der Waals surface area contributed by atoms with E-state index < -0.39 is 20.1 Å². The Balaban J connectivity index is 0.00000385. The van der Waals surface area contributed by atoms with Crippen LogP contribution in [0.25, 0.3) is 11.1 Å². The predicted octanol–water partition coefficient (Wildman–Crippen LogP) is 2.24. The summed E-state index contributed by atoms with van der Waals surface area (Å²) in [6.45, 7) is 4.06. The molecule has 6 nitrogen and oxygen atoms in total. The number of fused-ring (bicyclic) bond motifs is 1. The van der Waals surface area contributed by atoms with Crippen molar-refractivity contribution in [2.45, 2.75) is 43.9 Å². The molecule has 0 amide bonds. The van der Waals surface area contributed by atoms with E-state index in [0.29, 0.717) is 41.1 Å². The smallest absolute Gasteiger partial charge is 0.744 e. The Hall–Kier alpha value is -1.13. The Bertz CT molecular complexity index is 1280. The Kier molecular flexibility index (Phi) is 9.82. The molecule has 1 aromatic carbocycles. The zero-order valence-electron chi connectivity index (χ0n) is 18.8. The first-order valence-electron chi connectivity index (χ1n) is 10.2. The van der Waals surface area contributed by atoms with Crippen LogP contribution in [0.4, 0.5) is 5.69 Å². The molecular weight excluding hydrogens is 493 g/mol. The first kappa shape index (κ1) is 28.1.